The molecule has 0 saturated heterocycles. The average molecular weight is 306 g/mol. The summed E-state index contributed by atoms with van der Waals surface area (Å²) in [4.78, 5) is 12.0. The van der Waals surface area contributed by atoms with E-state index < -0.39 is 5.82 Å². The van der Waals surface area contributed by atoms with Crippen LogP contribution >= 0.6 is 11.6 Å². The molecule has 0 aromatic heterocycles. The second kappa shape index (κ2) is 7.34. The quantitative estimate of drug-likeness (QED) is 0.874. The summed E-state index contributed by atoms with van der Waals surface area (Å²) < 4.78 is 13.0. The molecule has 0 amide bonds. The van der Waals surface area contributed by atoms with Crippen LogP contribution in [-0.2, 0) is 11.2 Å². The van der Waals surface area contributed by atoms with Crippen LogP contribution in [0.25, 0.3) is 0 Å². The van der Waals surface area contributed by atoms with Gasteiger partial charge >= 0.3 is 0 Å². The molecule has 0 aliphatic heterocycles. The molecule has 21 heavy (non-hydrogen) atoms. The van der Waals surface area contributed by atoms with E-state index in [9.17, 15) is 9.18 Å². The predicted molar refractivity (Wildman–Crippen MR) is 82.7 cm³/mol. The van der Waals surface area contributed by atoms with Crippen LogP contribution in [0.5, 0.6) is 0 Å². The molecule has 0 fully saturated rings. The van der Waals surface area contributed by atoms with Crippen molar-refractivity contribution in [1.29, 1.82) is 0 Å². The molecule has 0 heterocycles. The number of hydrogen-bond donors (Lipinski definition) is 1. The Labute approximate surface area is 128 Å². The Morgan fingerprint density at radius 3 is 2.57 bits per heavy atom. The van der Waals surface area contributed by atoms with Gasteiger partial charge in [-0.05, 0) is 29.7 Å². The molecule has 2 aromatic rings. The van der Waals surface area contributed by atoms with Crippen molar-refractivity contribution in [3.05, 3.63) is 70.5 Å². The van der Waals surface area contributed by atoms with Gasteiger partial charge in [0.05, 0.1) is 5.02 Å². The first kappa shape index (κ1) is 15.7. The van der Waals surface area contributed by atoms with E-state index in [1.807, 2.05) is 30.3 Å². The third-order valence-electron chi connectivity index (χ3n) is 3.35. The van der Waals surface area contributed by atoms with Gasteiger partial charge in [0, 0.05) is 18.9 Å². The molecule has 110 valence electrons. The van der Waals surface area contributed by atoms with Gasteiger partial charge in [-0.3, -0.25) is 4.79 Å². The third kappa shape index (κ3) is 4.66. The summed E-state index contributed by atoms with van der Waals surface area (Å²) in [5.74, 6) is -0.400. The molecule has 2 N–H and O–H groups in total. The normalized spacial score (nSPS) is 12.1. The van der Waals surface area contributed by atoms with Crippen molar-refractivity contribution >= 4 is 17.4 Å². The van der Waals surface area contributed by atoms with Gasteiger partial charge in [0.25, 0.3) is 0 Å². The number of ketones is 1. The van der Waals surface area contributed by atoms with E-state index >= 15 is 0 Å². The lowest BCUT2D eigenvalue weighted by molar-refractivity contribution is -0.118. The highest BCUT2D eigenvalue weighted by Crippen LogP contribution is 2.19. The van der Waals surface area contributed by atoms with Crippen LogP contribution in [0.3, 0.4) is 0 Å². The standard InChI is InChI=1S/C17H17ClFNO/c18-15-11-12(6-8-16(15)19)10-14(21)7-9-17(20)13-4-2-1-3-5-13/h1-6,8,11,17H,7,9-10,20H2. The molecule has 1 atom stereocenters. The average Bonchev–Trinajstić information content (AvgIpc) is 2.49. The van der Waals surface area contributed by atoms with Crippen molar-refractivity contribution in [1.82, 2.24) is 0 Å². The van der Waals surface area contributed by atoms with E-state index in [2.05, 4.69) is 0 Å². The first-order valence-corrected chi connectivity index (χ1v) is 7.20. The van der Waals surface area contributed by atoms with Crippen LogP contribution in [0.4, 0.5) is 4.39 Å². The number of nitrogens with two attached hydrogens (primary N) is 1. The zero-order chi connectivity index (χ0) is 15.2. The molecule has 0 aliphatic rings. The van der Waals surface area contributed by atoms with Crippen LogP contribution < -0.4 is 5.73 Å². The van der Waals surface area contributed by atoms with Gasteiger partial charge < -0.3 is 5.73 Å². The number of halogens is 2. The second-order valence-corrected chi connectivity index (χ2v) is 5.43. The molecule has 2 aromatic carbocycles. The van der Waals surface area contributed by atoms with Crippen molar-refractivity contribution in [2.45, 2.75) is 25.3 Å². The largest absolute Gasteiger partial charge is 0.324 e. The highest BCUT2D eigenvalue weighted by molar-refractivity contribution is 6.30. The van der Waals surface area contributed by atoms with Gasteiger partial charge in [0.15, 0.2) is 0 Å². The van der Waals surface area contributed by atoms with E-state index in [0.29, 0.717) is 12.8 Å². The molecule has 0 saturated carbocycles. The van der Waals surface area contributed by atoms with Crippen molar-refractivity contribution < 1.29 is 9.18 Å². The lowest BCUT2D eigenvalue weighted by atomic mass is 9.99. The van der Waals surface area contributed by atoms with E-state index in [4.69, 9.17) is 17.3 Å². The minimum Gasteiger partial charge on any atom is -0.324 e. The molecule has 4 heteroatoms. The molecular formula is C17H17ClFNO. The van der Waals surface area contributed by atoms with Gasteiger partial charge in [0.1, 0.15) is 11.6 Å². The van der Waals surface area contributed by atoms with Gasteiger partial charge in [-0.2, -0.15) is 0 Å². The molecule has 2 rings (SSSR count). The first-order valence-electron chi connectivity index (χ1n) is 6.82. The zero-order valence-corrected chi connectivity index (χ0v) is 12.3. The zero-order valence-electron chi connectivity index (χ0n) is 11.6. The van der Waals surface area contributed by atoms with Crippen LogP contribution in [0.2, 0.25) is 5.02 Å². The fourth-order valence-electron chi connectivity index (χ4n) is 2.15. The van der Waals surface area contributed by atoms with Crippen molar-refractivity contribution in [2.75, 3.05) is 0 Å². The maximum atomic E-state index is 13.0. The first-order chi connectivity index (χ1) is 10.1. The number of benzene rings is 2. The van der Waals surface area contributed by atoms with Gasteiger partial charge in [0.2, 0.25) is 0 Å². The Bertz CT molecular complexity index is 615. The van der Waals surface area contributed by atoms with Gasteiger partial charge in [-0.15, -0.1) is 0 Å². The van der Waals surface area contributed by atoms with E-state index in [-0.39, 0.29) is 23.3 Å². The number of rotatable bonds is 6. The maximum Gasteiger partial charge on any atom is 0.141 e. The molecule has 0 spiro atoms. The number of carbonyl (C=O) groups is 1. The SMILES string of the molecule is NC(CCC(=O)Cc1ccc(F)c(Cl)c1)c1ccccc1. The Kier molecular flexibility index (Phi) is 5.48. The fourth-order valence-corrected chi connectivity index (χ4v) is 2.35. The summed E-state index contributed by atoms with van der Waals surface area (Å²) in [5.41, 5.74) is 7.80. The maximum absolute atomic E-state index is 13.0. The Hall–Kier alpha value is -1.71. The highest BCUT2D eigenvalue weighted by Gasteiger charge is 2.10. The summed E-state index contributed by atoms with van der Waals surface area (Å²) in [6.45, 7) is 0. The van der Waals surface area contributed by atoms with E-state index in [1.165, 1.54) is 12.1 Å². The Morgan fingerprint density at radius 2 is 1.90 bits per heavy atom. The molecule has 0 bridgehead atoms. The van der Waals surface area contributed by atoms with Gasteiger partial charge in [-0.25, -0.2) is 4.39 Å². The van der Waals surface area contributed by atoms with Crippen molar-refractivity contribution in [2.24, 2.45) is 5.73 Å². The smallest absolute Gasteiger partial charge is 0.141 e. The minimum atomic E-state index is -0.473. The molecule has 0 aliphatic carbocycles. The molecule has 1 unspecified atom stereocenters. The molecule has 2 nitrogen and oxygen atoms in total. The summed E-state index contributed by atoms with van der Waals surface area (Å²) in [7, 11) is 0. The van der Waals surface area contributed by atoms with Crippen molar-refractivity contribution in [3.8, 4) is 0 Å². The van der Waals surface area contributed by atoms with Crippen LogP contribution in [0.1, 0.15) is 30.0 Å². The third-order valence-corrected chi connectivity index (χ3v) is 3.64. The predicted octanol–water partition coefficient (Wildman–Crippen LogP) is 4.07. The van der Waals surface area contributed by atoms with Crippen LogP contribution in [-0.4, -0.2) is 5.78 Å². The van der Waals surface area contributed by atoms with E-state index in [0.717, 1.165) is 11.1 Å². The highest BCUT2D eigenvalue weighted by atomic mass is 35.5. The van der Waals surface area contributed by atoms with Crippen LogP contribution in [0.15, 0.2) is 48.5 Å². The van der Waals surface area contributed by atoms with Gasteiger partial charge in [-0.1, -0.05) is 48.0 Å². The number of carbonyl (C=O) groups excluding carboxylic acids is 1. The Morgan fingerprint density at radius 1 is 1.19 bits per heavy atom. The number of Topliss-reactive ketones (excluding diaryl/α,β-unsaturated/α-hetero) is 1. The van der Waals surface area contributed by atoms with Crippen LogP contribution in [0, 0.1) is 5.82 Å². The molecular weight excluding hydrogens is 289 g/mol. The summed E-state index contributed by atoms with van der Waals surface area (Å²) in [5, 5.41) is 0.0429. The molecule has 0 radical (unpaired) electrons. The Balaban J connectivity index is 1.86. The summed E-state index contributed by atoms with van der Waals surface area (Å²) in [6, 6.07) is 13.9. The van der Waals surface area contributed by atoms with E-state index in [1.54, 1.807) is 6.07 Å². The lowest BCUT2D eigenvalue weighted by Crippen LogP contribution is -2.13. The minimum absolute atomic E-state index is 0.0429. The summed E-state index contributed by atoms with van der Waals surface area (Å²) in [6.07, 6.45) is 1.24. The second-order valence-electron chi connectivity index (χ2n) is 5.02. The monoisotopic (exact) mass is 305 g/mol. The summed E-state index contributed by atoms with van der Waals surface area (Å²) >= 11 is 5.70. The van der Waals surface area contributed by atoms with Crippen molar-refractivity contribution in [3.63, 3.8) is 0 Å². The fraction of sp³-hybridized carbons (Fsp3) is 0.235. The topological polar surface area (TPSA) is 43.1 Å². The number of hydrogen-bond acceptors (Lipinski definition) is 2. The lowest BCUT2D eigenvalue weighted by Gasteiger charge is -2.11.